The summed E-state index contributed by atoms with van der Waals surface area (Å²) in [5.74, 6) is 0.833. The molecule has 1 saturated carbocycles. The van der Waals surface area contributed by atoms with Crippen molar-refractivity contribution in [2.24, 2.45) is 5.92 Å². The second-order valence-electron chi connectivity index (χ2n) is 8.15. The SMILES string of the molecule is C=CC1=CC=C(C/C=C\C(=O)C2CCC(c3cc(C)cc(C=O)c3)CC2)C=CC1. The Bertz CT molecular complexity index is 887. The van der Waals surface area contributed by atoms with Gasteiger partial charge in [0.1, 0.15) is 6.29 Å². The van der Waals surface area contributed by atoms with Gasteiger partial charge in [-0.2, -0.15) is 0 Å². The molecule has 0 amide bonds. The summed E-state index contributed by atoms with van der Waals surface area (Å²) in [7, 11) is 0. The maximum Gasteiger partial charge on any atom is 0.158 e. The summed E-state index contributed by atoms with van der Waals surface area (Å²) in [5, 5.41) is 0. The molecule has 0 unspecified atom stereocenters. The summed E-state index contributed by atoms with van der Waals surface area (Å²) >= 11 is 0. The van der Waals surface area contributed by atoms with E-state index in [9.17, 15) is 9.59 Å². The molecule has 29 heavy (non-hydrogen) atoms. The first-order valence-electron chi connectivity index (χ1n) is 10.5. The quantitative estimate of drug-likeness (QED) is 0.391. The van der Waals surface area contributed by atoms with Gasteiger partial charge < -0.3 is 0 Å². The molecule has 1 aromatic carbocycles. The fourth-order valence-corrected chi connectivity index (χ4v) is 4.28. The van der Waals surface area contributed by atoms with Crippen LogP contribution in [0, 0.1) is 12.8 Å². The third-order valence-electron chi connectivity index (χ3n) is 5.95. The zero-order valence-electron chi connectivity index (χ0n) is 17.3. The summed E-state index contributed by atoms with van der Waals surface area (Å²) in [6.45, 7) is 5.85. The maximum absolute atomic E-state index is 12.6. The first-order valence-corrected chi connectivity index (χ1v) is 10.5. The molecular formula is C27H30O2. The van der Waals surface area contributed by atoms with Crippen molar-refractivity contribution >= 4 is 12.1 Å². The van der Waals surface area contributed by atoms with Crippen LogP contribution in [-0.4, -0.2) is 12.1 Å². The van der Waals surface area contributed by atoms with Crippen LogP contribution in [-0.2, 0) is 4.79 Å². The van der Waals surface area contributed by atoms with Gasteiger partial charge in [0.2, 0.25) is 0 Å². The Balaban J connectivity index is 1.52. The van der Waals surface area contributed by atoms with Crippen molar-refractivity contribution in [3.8, 4) is 0 Å². The lowest BCUT2D eigenvalue weighted by Gasteiger charge is -2.27. The Kier molecular flexibility index (Phi) is 7.35. The predicted molar refractivity (Wildman–Crippen MR) is 120 cm³/mol. The molecule has 2 aliphatic carbocycles. The third kappa shape index (κ3) is 5.87. The van der Waals surface area contributed by atoms with Gasteiger partial charge in [-0.15, -0.1) is 0 Å². The summed E-state index contributed by atoms with van der Waals surface area (Å²) in [6, 6.07) is 6.11. The number of ketones is 1. The van der Waals surface area contributed by atoms with E-state index >= 15 is 0 Å². The van der Waals surface area contributed by atoms with Gasteiger partial charge in [-0.3, -0.25) is 9.59 Å². The van der Waals surface area contributed by atoms with E-state index in [0.29, 0.717) is 5.92 Å². The van der Waals surface area contributed by atoms with Crippen LogP contribution < -0.4 is 0 Å². The highest BCUT2D eigenvalue weighted by Crippen LogP contribution is 2.37. The minimum absolute atomic E-state index is 0.128. The number of benzene rings is 1. The average molecular weight is 387 g/mol. The predicted octanol–water partition coefficient (Wildman–Crippen LogP) is 6.60. The van der Waals surface area contributed by atoms with Gasteiger partial charge in [0.25, 0.3) is 0 Å². The third-order valence-corrected chi connectivity index (χ3v) is 5.95. The normalized spacial score (nSPS) is 22.0. The summed E-state index contributed by atoms with van der Waals surface area (Å²) in [4.78, 5) is 23.7. The van der Waals surface area contributed by atoms with Crippen molar-refractivity contribution in [3.05, 3.63) is 95.1 Å². The van der Waals surface area contributed by atoms with Gasteiger partial charge >= 0.3 is 0 Å². The van der Waals surface area contributed by atoms with Crippen LogP contribution in [0.3, 0.4) is 0 Å². The van der Waals surface area contributed by atoms with Gasteiger partial charge in [-0.1, -0.05) is 54.7 Å². The molecule has 1 fully saturated rings. The Morgan fingerprint density at radius 1 is 1.14 bits per heavy atom. The van der Waals surface area contributed by atoms with Crippen molar-refractivity contribution in [2.45, 2.75) is 51.4 Å². The molecular weight excluding hydrogens is 356 g/mol. The molecule has 0 radical (unpaired) electrons. The van der Waals surface area contributed by atoms with Crippen LogP contribution in [0.15, 0.2) is 78.5 Å². The van der Waals surface area contributed by atoms with E-state index in [1.807, 2.05) is 31.2 Å². The molecule has 0 bridgehead atoms. The Hall–Kier alpha value is -2.74. The Morgan fingerprint density at radius 2 is 1.93 bits per heavy atom. The first kappa shape index (κ1) is 21.0. The molecule has 0 heterocycles. The lowest BCUT2D eigenvalue weighted by molar-refractivity contribution is -0.119. The molecule has 150 valence electrons. The van der Waals surface area contributed by atoms with Gasteiger partial charge in [0.05, 0.1) is 0 Å². The molecule has 0 saturated heterocycles. The van der Waals surface area contributed by atoms with Crippen LogP contribution in [0.1, 0.15) is 65.9 Å². The van der Waals surface area contributed by atoms with E-state index in [1.165, 1.54) is 16.7 Å². The highest BCUT2D eigenvalue weighted by atomic mass is 16.1. The number of aryl methyl sites for hydroxylation is 1. The van der Waals surface area contributed by atoms with Crippen LogP contribution in [0.2, 0.25) is 0 Å². The topological polar surface area (TPSA) is 34.1 Å². The standard InChI is InChI=1S/C27H30O2/c1-3-21-6-4-7-22(11-10-21)8-5-9-27(29)25-14-12-24(13-15-25)26-17-20(2)16-23(18-26)19-28/h3-5,7,9-11,16-19,24-25H,1,6,8,12-15H2,2H3/b9-5-. The van der Waals surface area contributed by atoms with Crippen molar-refractivity contribution in [2.75, 3.05) is 0 Å². The molecule has 0 aliphatic heterocycles. The number of carbonyl (C=O) groups is 2. The number of hydrogen-bond donors (Lipinski definition) is 0. The van der Waals surface area contributed by atoms with Crippen LogP contribution in [0.4, 0.5) is 0 Å². The second kappa shape index (κ2) is 10.2. The van der Waals surface area contributed by atoms with E-state index in [2.05, 4.69) is 36.9 Å². The van der Waals surface area contributed by atoms with E-state index in [1.54, 1.807) is 6.08 Å². The lowest BCUT2D eigenvalue weighted by Crippen LogP contribution is -2.19. The molecule has 2 nitrogen and oxygen atoms in total. The zero-order chi connectivity index (χ0) is 20.6. The van der Waals surface area contributed by atoms with Crippen LogP contribution >= 0.6 is 0 Å². The molecule has 2 heteroatoms. The average Bonchev–Trinajstić information content (AvgIpc) is 2.98. The largest absolute Gasteiger partial charge is 0.298 e. The second-order valence-corrected chi connectivity index (χ2v) is 8.15. The van der Waals surface area contributed by atoms with Crippen molar-refractivity contribution < 1.29 is 9.59 Å². The summed E-state index contributed by atoms with van der Waals surface area (Å²) in [6.07, 6.45) is 20.6. The monoisotopic (exact) mass is 386 g/mol. The van der Waals surface area contributed by atoms with Gasteiger partial charge in [0, 0.05) is 11.5 Å². The molecule has 2 aliphatic rings. The molecule has 0 spiro atoms. The van der Waals surface area contributed by atoms with E-state index in [4.69, 9.17) is 0 Å². The number of aldehydes is 1. The molecule has 3 rings (SSSR count). The van der Waals surface area contributed by atoms with E-state index < -0.39 is 0 Å². The molecule has 0 N–H and O–H groups in total. The summed E-state index contributed by atoms with van der Waals surface area (Å²) in [5.41, 5.74) is 5.54. The fraction of sp³-hybridized carbons (Fsp3) is 0.333. The van der Waals surface area contributed by atoms with Crippen molar-refractivity contribution in [1.29, 1.82) is 0 Å². The van der Waals surface area contributed by atoms with Gasteiger partial charge in [-0.25, -0.2) is 0 Å². The zero-order valence-corrected chi connectivity index (χ0v) is 17.3. The molecule has 0 atom stereocenters. The summed E-state index contributed by atoms with van der Waals surface area (Å²) < 4.78 is 0. The fourth-order valence-electron chi connectivity index (χ4n) is 4.28. The number of rotatable bonds is 7. The van der Waals surface area contributed by atoms with Gasteiger partial charge in [0.15, 0.2) is 5.78 Å². The molecule has 1 aromatic rings. The Labute approximate surface area is 174 Å². The van der Waals surface area contributed by atoms with E-state index in [0.717, 1.165) is 55.9 Å². The highest BCUT2D eigenvalue weighted by molar-refractivity contribution is 5.91. The minimum atomic E-state index is 0.128. The van der Waals surface area contributed by atoms with Crippen molar-refractivity contribution in [3.63, 3.8) is 0 Å². The van der Waals surface area contributed by atoms with Crippen LogP contribution in [0.5, 0.6) is 0 Å². The van der Waals surface area contributed by atoms with E-state index in [-0.39, 0.29) is 11.7 Å². The number of allylic oxidation sites excluding steroid dienone is 9. The van der Waals surface area contributed by atoms with Gasteiger partial charge in [-0.05, 0) is 86.3 Å². The first-order chi connectivity index (χ1) is 14.1. The molecule has 0 aromatic heterocycles. The minimum Gasteiger partial charge on any atom is -0.298 e. The van der Waals surface area contributed by atoms with Crippen LogP contribution in [0.25, 0.3) is 0 Å². The maximum atomic E-state index is 12.6. The van der Waals surface area contributed by atoms with Crippen molar-refractivity contribution in [1.82, 2.24) is 0 Å². The smallest absolute Gasteiger partial charge is 0.158 e. The highest BCUT2D eigenvalue weighted by Gasteiger charge is 2.26. The lowest BCUT2D eigenvalue weighted by atomic mass is 9.76. The number of hydrogen-bond acceptors (Lipinski definition) is 2. The Morgan fingerprint density at radius 3 is 2.66 bits per heavy atom. The number of carbonyl (C=O) groups excluding carboxylic acids is 2.